The molecule has 7 heteroatoms. The molecule has 0 saturated carbocycles. The molecule has 0 fully saturated rings. The van der Waals surface area contributed by atoms with Gasteiger partial charge in [0.2, 0.25) is 0 Å². The van der Waals surface area contributed by atoms with E-state index in [9.17, 15) is 13.0 Å². The summed E-state index contributed by atoms with van der Waals surface area (Å²) < 4.78 is 34.5. The quantitative estimate of drug-likeness (QED) is 0.177. The van der Waals surface area contributed by atoms with Gasteiger partial charge in [-0.25, -0.2) is 8.42 Å². The summed E-state index contributed by atoms with van der Waals surface area (Å²) in [6.07, 6.45) is 18.4. The van der Waals surface area contributed by atoms with Crippen molar-refractivity contribution in [1.29, 1.82) is 0 Å². The van der Waals surface area contributed by atoms with E-state index in [-0.39, 0.29) is 62.4 Å². The van der Waals surface area contributed by atoms with Gasteiger partial charge in [-0.2, -0.15) is 0 Å². The molecule has 0 aliphatic carbocycles. The number of hydrogen-bond acceptors (Lipinski definition) is 5. The molecule has 2 aromatic carbocycles. The first-order valence-electron chi connectivity index (χ1n) is 13.7. The maximum atomic E-state index is 11.5. The van der Waals surface area contributed by atoms with Gasteiger partial charge in [0.05, 0.1) is 22.4 Å². The maximum absolute atomic E-state index is 11.5. The number of fused-ring (bicyclic) bond motifs is 1. The van der Waals surface area contributed by atoms with Crippen LogP contribution in [0.1, 0.15) is 102 Å². The average Bonchev–Trinajstić information content (AvgIpc) is 3.18. The summed E-state index contributed by atoms with van der Waals surface area (Å²) in [4.78, 5) is 2.12. The van der Waals surface area contributed by atoms with Crippen LogP contribution in [0, 0.1) is 0 Å². The fourth-order valence-corrected chi connectivity index (χ4v) is 5.52. The molecule has 1 N–H and O–H groups in total. The molecule has 194 valence electrons. The molecular formula is C29H43KN2O3S. The standard InChI is InChI=1S/C29H44N2O3S.K/c1-2-3-4-5-6-7-8-9-10-11-12-13-17-20-29-30-27-23-26(35(32,33)34)21-22-28(27)31(29)24-25-18-15-14-16-19-25;/h14-16,18-19,21-23,29-30H,2-13,17,20,24H2,1H3,(H,32,33,34);/q;+1/p-1. The second kappa shape index (κ2) is 17.2. The van der Waals surface area contributed by atoms with E-state index in [1.807, 2.05) is 18.2 Å². The van der Waals surface area contributed by atoms with E-state index in [0.29, 0.717) is 0 Å². The Labute approximate surface area is 262 Å². The average molecular weight is 539 g/mol. The van der Waals surface area contributed by atoms with Crippen molar-refractivity contribution in [3.05, 3.63) is 54.1 Å². The van der Waals surface area contributed by atoms with Crippen molar-refractivity contribution in [2.45, 2.75) is 114 Å². The molecule has 2 aromatic rings. The third-order valence-electron chi connectivity index (χ3n) is 7.04. The summed E-state index contributed by atoms with van der Waals surface area (Å²) in [7, 11) is -4.47. The van der Waals surface area contributed by atoms with Crippen molar-refractivity contribution in [3.8, 4) is 0 Å². The number of unbranched alkanes of at least 4 members (excludes halogenated alkanes) is 12. The van der Waals surface area contributed by atoms with E-state index in [1.54, 1.807) is 6.07 Å². The molecule has 5 nitrogen and oxygen atoms in total. The molecule has 1 aliphatic heterocycles. The molecule has 0 radical (unpaired) electrons. The van der Waals surface area contributed by atoms with Crippen LogP contribution in [-0.2, 0) is 16.7 Å². The van der Waals surface area contributed by atoms with Crippen LogP contribution in [0.2, 0.25) is 0 Å². The number of benzene rings is 2. The van der Waals surface area contributed by atoms with E-state index in [4.69, 9.17) is 0 Å². The van der Waals surface area contributed by atoms with Gasteiger partial charge in [-0.05, 0) is 36.6 Å². The molecule has 0 spiro atoms. The zero-order valence-corrected chi connectivity index (χ0v) is 26.3. The topological polar surface area (TPSA) is 72.5 Å². The van der Waals surface area contributed by atoms with Gasteiger partial charge in [-0.15, -0.1) is 0 Å². The third-order valence-corrected chi connectivity index (χ3v) is 7.87. The maximum Gasteiger partial charge on any atom is 1.00 e. The fraction of sp³-hybridized carbons (Fsp3) is 0.586. The number of rotatable bonds is 17. The number of nitrogens with zero attached hydrogens (tertiary/aromatic N) is 1. The SMILES string of the molecule is CCCCCCCCCCCCCCCC1Nc2cc(S(=O)(=O)[O-])ccc2N1Cc1ccccc1.[K+]. The molecule has 36 heavy (non-hydrogen) atoms. The van der Waals surface area contributed by atoms with E-state index >= 15 is 0 Å². The normalized spacial score (nSPS) is 14.8. The van der Waals surface area contributed by atoms with Gasteiger partial charge in [0.25, 0.3) is 0 Å². The van der Waals surface area contributed by atoms with Crippen molar-refractivity contribution in [3.63, 3.8) is 0 Å². The summed E-state index contributed by atoms with van der Waals surface area (Å²) in [5.41, 5.74) is 2.90. The van der Waals surface area contributed by atoms with Gasteiger partial charge in [0.15, 0.2) is 0 Å². The van der Waals surface area contributed by atoms with Crippen LogP contribution in [0.5, 0.6) is 0 Å². The third kappa shape index (κ3) is 10.8. The van der Waals surface area contributed by atoms with Gasteiger partial charge >= 0.3 is 51.4 Å². The molecular weight excluding hydrogens is 495 g/mol. The second-order valence-electron chi connectivity index (χ2n) is 9.94. The first kappa shape index (κ1) is 31.8. The van der Waals surface area contributed by atoms with Crippen LogP contribution in [0.3, 0.4) is 0 Å². The van der Waals surface area contributed by atoms with Gasteiger partial charge < -0.3 is 14.8 Å². The minimum atomic E-state index is -4.47. The number of anilines is 2. The number of nitrogens with one attached hydrogen (secondary N) is 1. The Morgan fingerprint density at radius 2 is 1.36 bits per heavy atom. The van der Waals surface area contributed by atoms with E-state index in [1.165, 1.54) is 94.7 Å². The smallest absolute Gasteiger partial charge is 0.744 e. The van der Waals surface area contributed by atoms with Gasteiger partial charge in [-0.1, -0.05) is 114 Å². The Kier molecular flexibility index (Phi) is 15.2. The van der Waals surface area contributed by atoms with Crippen LogP contribution < -0.4 is 61.6 Å². The first-order chi connectivity index (χ1) is 17.0. The van der Waals surface area contributed by atoms with Gasteiger partial charge in [-0.3, -0.25) is 0 Å². The van der Waals surface area contributed by atoms with Crippen molar-refractivity contribution in [2.24, 2.45) is 0 Å². The zero-order valence-electron chi connectivity index (χ0n) is 22.4. The van der Waals surface area contributed by atoms with Crippen LogP contribution in [0.15, 0.2) is 53.4 Å². The largest absolute Gasteiger partial charge is 1.00 e. The Morgan fingerprint density at radius 1 is 0.806 bits per heavy atom. The fourth-order valence-electron chi connectivity index (χ4n) is 5.02. The van der Waals surface area contributed by atoms with Crippen LogP contribution in [0.25, 0.3) is 0 Å². The van der Waals surface area contributed by atoms with Gasteiger partial charge in [0, 0.05) is 6.54 Å². The molecule has 1 atom stereocenters. The van der Waals surface area contributed by atoms with E-state index < -0.39 is 10.1 Å². The summed E-state index contributed by atoms with van der Waals surface area (Å²) in [6, 6.07) is 15.0. The van der Waals surface area contributed by atoms with Crippen LogP contribution in [0.4, 0.5) is 11.4 Å². The minimum Gasteiger partial charge on any atom is -0.744 e. The monoisotopic (exact) mass is 538 g/mol. The Balaban J connectivity index is 0.00000456. The van der Waals surface area contributed by atoms with E-state index in [2.05, 4.69) is 29.3 Å². The van der Waals surface area contributed by atoms with E-state index in [0.717, 1.165) is 30.8 Å². The van der Waals surface area contributed by atoms with Crippen LogP contribution in [-0.4, -0.2) is 19.1 Å². The molecule has 3 rings (SSSR count). The minimum absolute atomic E-state index is 0. The number of hydrogen-bond donors (Lipinski definition) is 1. The summed E-state index contributed by atoms with van der Waals surface area (Å²) >= 11 is 0. The van der Waals surface area contributed by atoms with Crippen molar-refractivity contribution >= 4 is 21.5 Å². The van der Waals surface area contributed by atoms with Gasteiger partial charge in [0.1, 0.15) is 10.1 Å². The van der Waals surface area contributed by atoms with Crippen LogP contribution >= 0.6 is 0 Å². The molecule has 0 saturated heterocycles. The molecule has 1 aliphatic rings. The van der Waals surface area contributed by atoms with Crippen molar-refractivity contribution in [2.75, 3.05) is 10.2 Å². The molecule has 0 aromatic heterocycles. The molecule has 0 bridgehead atoms. The predicted molar refractivity (Wildman–Crippen MR) is 145 cm³/mol. The summed E-state index contributed by atoms with van der Waals surface area (Å²) in [5.74, 6) is 0. The Bertz CT molecular complexity index is 985. The summed E-state index contributed by atoms with van der Waals surface area (Å²) in [6.45, 7) is 3.01. The first-order valence-corrected chi connectivity index (χ1v) is 15.1. The second-order valence-corrected chi connectivity index (χ2v) is 11.3. The Morgan fingerprint density at radius 3 is 1.92 bits per heavy atom. The van der Waals surface area contributed by atoms with Crippen molar-refractivity contribution in [1.82, 2.24) is 0 Å². The summed E-state index contributed by atoms with van der Waals surface area (Å²) in [5, 5.41) is 3.48. The zero-order chi connectivity index (χ0) is 24.9. The molecule has 1 unspecified atom stereocenters. The Hall–Kier alpha value is -0.414. The molecule has 1 heterocycles. The molecule has 0 amide bonds. The van der Waals surface area contributed by atoms with Crippen molar-refractivity contribution < 1.29 is 64.4 Å². The predicted octanol–water partition coefficient (Wildman–Crippen LogP) is 4.83.